The Hall–Kier alpha value is -2.46. The highest BCUT2D eigenvalue weighted by Crippen LogP contribution is 2.49. The monoisotopic (exact) mass is 484 g/mol. The summed E-state index contributed by atoms with van der Waals surface area (Å²) in [4.78, 5) is 0. The fourth-order valence-electron chi connectivity index (χ4n) is 4.48. The first-order valence-electron chi connectivity index (χ1n) is 12.0. The summed E-state index contributed by atoms with van der Waals surface area (Å²) in [6.45, 7) is 8.79. The van der Waals surface area contributed by atoms with Crippen LogP contribution in [0.4, 0.5) is 0 Å². The van der Waals surface area contributed by atoms with Gasteiger partial charge in [0.2, 0.25) is 0 Å². The molecule has 4 aromatic carbocycles. The molecule has 0 saturated heterocycles. The van der Waals surface area contributed by atoms with Crippen molar-refractivity contribution in [3.63, 3.8) is 0 Å². The molecular formula is C31H34OP2. The number of aryl methyl sites for hydroxylation is 2. The zero-order valence-corrected chi connectivity index (χ0v) is 22.4. The van der Waals surface area contributed by atoms with Crippen LogP contribution in [-0.4, -0.2) is 5.11 Å². The molecule has 0 fully saturated rings. The Morgan fingerprint density at radius 2 is 1.29 bits per heavy atom. The van der Waals surface area contributed by atoms with Crippen LogP contribution in [0.5, 0.6) is 5.75 Å². The van der Waals surface area contributed by atoms with E-state index in [1.54, 1.807) is 0 Å². The molecule has 0 aliphatic heterocycles. The average Bonchev–Trinajstić information content (AvgIpc) is 2.87. The fourth-order valence-corrected chi connectivity index (χ4v) is 8.64. The minimum atomic E-state index is -0.512. The predicted octanol–water partition coefficient (Wildman–Crippen LogP) is 7.27. The lowest BCUT2D eigenvalue weighted by Gasteiger charge is -2.32. The van der Waals surface area contributed by atoms with E-state index in [1.807, 2.05) is 13.0 Å². The molecule has 0 saturated carbocycles. The van der Waals surface area contributed by atoms with Crippen molar-refractivity contribution in [3.8, 4) is 5.75 Å². The maximum Gasteiger partial charge on any atom is 0.122 e. The quantitative estimate of drug-likeness (QED) is 0.261. The number of rotatable bonds is 8. The molecule has 34 heavy (non-hydrogen) atoms. The number of para-hydroxylation sites is 1. The number of hydrogen-bond donors (Lipinski definition) is 1. The summed E-state index contributed by atoms with van der Waals surface area (Å²) in [6.07, 6.45) is 2.00. The van der Waals surface area contributed by atoms with Gasteiger partial charge >= 0.3 is 0 Å². The van der Waals surface area contributed by atoms with E-state index in [4.69, 9.17) is 0 Å². The lowest BCUT2D eigenvalue weighted by atomic mass is 9.94. The van der Waals surface area contributed by atoms with E-state index in [9.17, 15) is 5.11 Å². The Morgan fingerprint density at radius 3 is 1.88 bits per heavy atom. The maximum atomic E-state index is 10.9. The molecular weight excluding hydrogens is 450 g/mol. The highest BCUT2D eigenvalue weighted by Gasteiger charge is 2.30. The van der Waals surface area contributed by atoms with Crippen LogP contribution in [-0.2, 0) is 11.3 Å². The summed E-state index contributed by atoms with van der Waals surface area (Å²) < 4.78 is 0. The van der Waals surface area contributed by atoms with E-state index in [2.05, 4.69) is 112 Å². The lowest BCUT2D eigenvalue weighted by Crippen LogP contribution is -2.23. The smallest absolute Gasteiger partial charge is 0.122 e. The van der Waals surface area contributed by atoms with Crippen LogP contribution in [0.2, 0.25) is 0 Å². The van der Waals surface area contributed by atoms with E-state index in [1.165, 1.54) is 27.0 Å². The Kier molecular flexibility index (Phi) is 7.88. The number of phenols is 1. The molecule has 4 rings (SSSR count). The predicted molar refractivity (Wildman–Crippen MR) is 152 cm³/mol. The zero-order chi connectivity index (χ0) is 24.1. The van der Waals surface area contributed by atoms with Gasteiger partial charge in [0, 0.05) is 16.9 Å². The molecule has 0 aliphatic rings. The van der Waals surface area contributed by atoms with E-state index >= 15 is 0 Å². The highest BCUT2D eigenvalue weighted by atomic mass is 31.1. The van der Waals surface area contributed by atoms with Gasteiger partial charge in [-0.1, -0.05) is 119 Å². The van der Waals surface area contributed by atoms with Crippen molar-refractivity contribution in [2.24, 2.45) is 0 Å². The Morgan fingerprint density at radius 1 is 0.735 bits per heavy atom. The molecule has 0 radical (unpaired) electrons. The van der Waals surface area contributed by atoms with Crippen molar-refractivity contribution in [3.05, 3.63) is 119 Å². The van der Waals surface area contributed by atoms with Gasteiger partial charge in [0.25, 0.3) is 0 Å². The number of hydrogen-bond acceptors (Lipinski definition) is 1. The van der Waals surface area contributed by atoms with Crippen LogP contribution in [0.25, 0.3) is 0 Å². The van der Waals surface area contributed by atoms with Crippen LogP contribution in [0.15, 0.2) is 97.1 Å². The summed E-state index contributed by atoms with van der Waals surface area (Å²) >= 11 is 0. The highest BCUT2D eigenvalue weighted by molar-refractivity contribution is 7.72. The standard InChI is InChI=1S/C31H34OP2/c1-5-31(4,28-21-13-14-23(2)29(28)32)33-30-24(3)15-12-16-25(30)22-34(26-17-8-6-9-18-26)27-19-10-7-11-20-27/h6-21,32-33H,5,22H2,1-4H3. The number of benzene rings is 4. The van der Waals surface area contributed by atoms with Gasteiger partial charge < -0.3 is 5.11 Å². The summed E-state index contributed by atoms with van der Waals surface area (Å²) in [5, 5.41) is 15.1. The van der Waals surface area contributed by atoms with Gasteiger partial charge in [-0.25, -0.2) is 0 Å². The molecule has 0 aromatic heterocycles. The topological polar surface area (TPSA) is 20.2 Å². The van der Waals surface area contributed by atoms with Gasteiger partial charge in [0.15, 0.2) is 0 Å². The van der Waals surface area contributed by atoms with Crippen molar-refractivity contribution < 1.29 is 5.11 Å². The van der Waals surface area contributed by atoms with E-state index in [0.717, 1.165) is 23.7 Å². The molecule has 0 spiro atoms. The second-order valence-electron chi connectivity index (χ2n) is 9.15. The molecule has 4 aromatic rings. The van der Waals surface area contributed by atoms with Gasteiger partial charge in [-0.05, 0) is 60.8 Å². The first-order chi connectivity index (χ1) is 16.4. The molecule has 0 bridgehead atoms. The molecule has 1 N–H and O–H groups in total. The minimum Gasteiger partial charge on any atom is -0.507 e. The van der Waals surface area contributed by atoms with Crippen molar-refractivity contribution >= 4 is 32.4 Å². The molecule has 0 amide bonds. The van der Waals surface area contributed by atoms with E-state index in [0.29, 0.717) is 14.3 Å². The average molecular weight is 485 g/mol. The molecule has 2 unspecified atom stereocenters. The second-order valence-corrected chi connectivity index (χ2v) is 13.2. The van der Waals surface area contributed by atoms with Crippen LogP contribution < -0.4 is 15.9 Å². The number of phenolic OH excluding ortho intramolecular Hbond substituents is 1. The third kappa shape index (κ3) is 5.27. The van der Waals surface area contributed by atoms with Gasteiger partial charge in [-0.2, -0.15) is 0 Å². The van der Waals surface area contributed by atoms with Crippen molar-refractivity contribution in [1.29, 1.82) is 0 Å². The Bertz CT molecular complexity index is 1200. The van der Waals surface area contributed by atoms with Crippen LogP contribution in [0.3, 0.4) is 0 Å². The Balaban J connectivity index is 1.76. The van der Waals surface area contributed by atoms with Gasteiger partial charge in [0.05, 0.1) is 0 Å². The second kappa shape index (κ2) is 10.9. The largest absolute Gasteiger partial charge is 0.507 e. The molecule has 0 heterocycles. The summed E-state index contributed by atoms with van der Waals surface area (Å²) in [6, 6.07) is 34.9. The van der Waals surface area contributed by atoms with Gasteiger partial charge in [0.1, 0.15) is 5.75 Å². The van der Waals surface area contributed by atoms with Crippen LogP contribution in [0, 0.1) is 13.8 Å². The van der Waals surface area contributed by atoms with Crippen molar-refractivity contribution in [2.75, 3.05) is 0 Å². The SMILES string of the molecule is CCC(C)(Pc1c(C)cccc1CP(c1ccccc1)c1ccccc1)c1cccc(C)c1O. The number of aromatic hydroxyl groups is 1. The maximum absolute atomic E-state index is 10.9. The molecule has 174 valence electrons. The molecule has 2 atom stereocenters. The van der Waals surface area contributed by atoms with E-state index < -0.39 is 7.92 Å². The molecule has 1 nitrogen and oxygen atoms in total. The summed E-state index contributed by atoms with van der Waals surface area (Å²) in [5.41, 5.74) is 4.79. The minimum absolute atomic E-state index is 0.112. The normalized spacial score (nSPS) is 13.4. The summed E-state index contributed by atoms with van der Waals surface area (Å²) in [5.74, 6) is 0.449. The van der Waals surface area contributed by atoms with Crippen LogP contribution >= 0.6 is 16.5 Å². The zero-order valence-electron chi connectivity index (χ0n) is 20.5. The van der Waals surface area contributed by atoms with E-state index in [-0.39, 0.29) is 5.16 Å². The van der Waals surface area contributed by atoms with Gasteiger partial charge in [-0.15, -0.1) is 0 Å². The first-order valence-corrected chi connectivity index (χ1v) is 14.5. The first kappa shape index (κ1) is 24.7. The lowest BCUT2D eigenvalue weighted by molar-refractivity contribution is 0.452. The third-order valence-electron chi connectivity index (χ3n) is 6.76. The van der Waals surface area contributed by atoms with Crippen molar-refractivity contribution in [1.82, 2.24) is 0 Å². The third-order valence-corrected chi connectivity index (χ3v) is 11.4. The fraction of sp³-hybridized carbons (Fsp3) is 0.226. The van der Waals surface area contributed by atoms with Gasteiger partial charge in [-0.3, -0.25) is 0 Å². The van der Waals surface area contributed by atoms with Crippen molar-refractivity contribution in [2.45, 2.75) is 45.4 Å². The molecule has 3 heteroatoms. The summed E-state index contributed by atoms with van der Waals surface area (Å²) in [7, 11) is 0.0695. The Labute approximate surface area is 207 Å². The molecule has 0 aliphatic carbocycles. The van der Waals surface area contributed by atoms with Crippen LogP contribution in [0.1, 0.15) is 42.5 Å².